The lowest BCUT2D eigenvalue weighted by molar-refractivity contribution is -0.384. The second-order valence-corrected chi connectivity index (χ2v) is 6.18. The molecule has 0 unspecified atom stereocenters. The summed E-state index contributed by atoms with van der Waals surface area (Å²) in [5.74, 6) is -1.03. The number of hydrogen-bond acceptors (Lipinski definition) is 5. The average Bonchev–Trinajstić information content (AvgIpc) is 2.57. The van der Waals surface area contributed by atoms with E-state index in [0.717, 1.165) is 10.0 Å². The topological polar surface area (TPSA) is 98.5 Å². The molecule has 0 fully saturated rings. The number of halogens is 1. The molecule has 0 aliphatic carbocycles. The largest absolute Gasteiger partial charge is 0.455 e. The van der Waals surface area contributed by atoms with Gasteiger partial charge in [0.25, 0.3) is 11.6 Å². The quantitative estimate of drug-likeness (QED) is 0.450. The number of hydrogen-bond donors (Lipinski definition) is 1. The maximum atomic E-state index is 11.9. The molecule has 0 spiro atoms. The SMILES string of the molecule is Cc1cc([N+](=O)[O-])ccc1NC(=O)COC(=O)Cc1ccc(Br)cc1. The Bertz CT molecular complexity index is 805. The number of esters is 1. The zero-order chi connectivity index (χ0) is 18.4. The summed E-state index contributed by atoms with van der Waals surface area (Å²) in [4.78, 5) is 33.8. The number of nitro groups is 1. The Morgan fingerprint density at radius 3 is 2.48 bits per heavy atom. The normalized spacial score (nSPS) is 10.2. The molecule has 2 rings (SSSR count). The first-order chi connectivity index (χ1) is 11.8. The van der Waals surface area contributed by atoms with Crippen LogP contribution in [0.2, 0.25) is 0 Å². The second kappa shape index (κ2) is 8.39. The van der Waals surface area contributed by atoms with Gasteiger partial charge in [-0.05, 0) is 36.2 Å². The van der Waals surface area contributed by atoms with Gasteiger partial charge in [0.15, 0.2) is 6.61 Å². The maximum absolute atomic E-state index is 11.9. The van der Waals surface area contributed by atoms with E-state index in [-0.39, 0.29) is 12.1 Å². The Balaban J connectivity index is 1.85. The summed E-state index contributed by atoms with van der Waals surface area (Å²) in [6, 6.07) is 11.3. The molecule has 7 nitrogen and oxygen atoms in total. The van der Waals surface area contributed by atoms with Crippen molar-refractivity contribution in [1.29, 1.82) is 0 Å². The summed E-state index contributed by atoms with van der Waals surface area (Å²) in [6.07, 6.45) is 0.0666. The van der Waals surface area contributed by atoms with Gasteiger partial charge in [-0.1, -0.05) is 28.1 Å². The van der Waals surface area contributed by atoms with Gasteiger partial charge >= 0.3 is 5.97 Å². The molecule has 1 amide bonds. The Morgan fingerprint density at radius 2 is 1.88 bits per heavy atom. The van der Waals surface area contributed by atoms with Crippen molar-refractivity contribution < 1.29 is 19.2 Å². The van der Waals surface area contributed by atoms with Crippen LogP contribution in [0.3, 0.4) is 0 Å². The molecule has 130 valence electrons. The monoisotopic (exact) mass is 406 g/mol. The van der Waals surface area contributed by atoms with Gasteiger partial charge in [-0.25, -0.2) is 0 Å². The van der Waals surface area contributed by atoms with Crippen molar-refractivity contribution >= 4 is 39.2 Å². The molecule has 2 aromatic rings. The van der Waals surface area contributed by atoms with Gasteiger partial charge in [0, 0.05) is 22.3 Å². The summed E-state index contributed by atoms with van der Waals surface area (Å²) < 4.78 is 5.85. The highest BCUT2D eigenvalue weighted by Gasteiger charge is 2.12. The molecule has 0 atom stereocenters. The van der Waals surface area contributed by atoms with Gasteiger partial charge in [-0.15, -0.1) is 0 Å². The van der Waals surface area contributed by atoms with Crippen LogP contribution in [0, 0.1) is 17.0 Å². The number of anilines is 1. The van der Waals surface area contributed by atoms with Crippen molar-refractivity contribution in [3.8, 4) is 0 Å². The Kier molecular flexibility index (Phi) is 6.24. The van der Waals surface area contributed by atoms with Gasteiger partial charge in [0.1, 0.15) is 0 Å². The van der Waals surface area contributed by atoms with E-state index in [1.54, 1.807) is 19.1 Å². The number of carbonyl (C=O) groups excluding carboxylic acids is 2. The van der Waals surface area contributed by atoms with Gasteiger partial charge < -0.3 is 10.1 Å². The molecule has 8 heteroatoms. The fraction of sp³-hybridized carbons (Fsp3) is 0.176. The lowest BCUT2D eigenvalue weighted by Gasteiger charge is -2.09. The van der Waals surface area contributed by atoms with Crippen molar-refractivity contribution in [2.45, 2.75) is 13.3 Å². The lowest BCUT2D eigenvalue weighted by Crippen LogP contribution is -2.22. The third kappa shape index (κ3) is 5.68. The first-order valence-corrected chi connectivity index (χ1v) is 8.09. The highest BCUT2D eigenvalue weighted by molar-refractivity contribution is 9.10. The molecule has 0 bridgehead atoms. The Morgan fingerprint density at radius 1 is 1.20 bits per heavy atom. The zero-order valence-corrected chi connectivity index (χ0v) is 14.9. The number of non-ortho nitro benzene ring substituents is 1. The smallest absolute Gasteiger partial charge is 0.310 e. The van der Waals surface area contributed by atoms with E-state index in [1.807, 2.05) is 12.1 Å². The minimum Gasteiger partial charge on any atom is -0.455 e. The van der Waals surface area contributed by atoms with Crippen LogP contribution < -0.4 is 5.32 Å². The van der Waals surface area contributed by atoms with E-state index in [0.29, 0.717) is 11.3 Å². The lowest BCUT2D eigenvalue weighted by atomic mass is 10.1. The van der Waals surface area contributed by atoms with Crippen LogP contribution in [0.15, 0.2) is 46.9 Å². The first-order valence-electron chi connectivity index (χ1n) is 7.30. The van der Waals surface area contributed by atoms with Gasteiger partial charge in [0.05, 0.1) is 11.3 Å². The van der Waals surface area contributed by atoms with E-state index in [9.17, 15) is 19.7 Å². The predicted molar refractivity (Wildman–Crippen MR) is 95.3 cm³/mol. The van der Waals surface area contributed by atoms with E-state index >= 15 is 0 Å². The molecule has 0 saturated heterocycles. The van der Waals surface area contributed by atoms with Crippen LogP contribution in [0.4, 0.5) is 11.4 Å². The molecule has 0 aliphatic heterocycles. The van der Waals surface area contributed by atoms with Gasteiger partial charge in [-0.3, -0.25) is 19.7 Å². The molecule has 0 saturated carbocycles. The molecule has 0 aliphatic rings. The molecule has 25 heavy (non-hydrogen) atoms. The third-order valence-corrected chi connectivity index (χ3v) is 3.85. The summed E-state index contributed by atoms with van der Waals surface area (Å²) in [6.45, 7) is 1.22. The highest BCUT2D eigenvalue weighted by atomic mass is 79.9. The van der Waals surface area contributed by atoms with Crippen molar-refractivity contribution in [1.82, 2.24) is 0 Å². The molecular weight excluding hydrogens is 392 g/mol. The van der Waals surface area contributed by atoms with Crippen molar-refractivity contribution in [2.75, 3.05) is 11.9 Å². The number of rotatable bonds is 6. The summed E-state index contributed by atoms with van der Waals surface area (Å²) in [7, 11) is 0. The number of amides is 1. The van der Waals surface area contributed by atoms with E-state index in [1.165, 1.54) is 18.2 Å². The van der Waals surface area contributed by atoms with Crippen molar-refractivity contribution in [3.63, 3.8) is 0 Å². The summed E-state index contributed by atoms with van der Waals surface area (Å²) >= 11 is 3.30. The zero-order valence-electron chi connectivity index (χ0n) is 13.3. The number of benzene rings is 2. The molecule has 0 aromatic heterocycles. The number of ether oxygens (including phenoxy) is 1. The maximum Gasteiger partial charge on any atom is 0.310 e. The summed E-state index contributed by atoms with van der Waals surface area (Å²) in [5.41, 5.74) is 1.69. The van der Waals surface area contributed by atoms with Crippen LogP contribution in [-0.2, 0) is 20.7 Å². The fourth-order valence-corrected chi connectivity index (χ4v) is 2.32. The minimum atomic E-state index is -0.516. The molecule has 1 N–H and O–H groups in total. The van der Waals surface area contributed by atoms with Crippen molar-refractivity contribution in [3.05, 3.63) is 68.2 Å². The summed E-state index contributed by atoms with van der Waals surface area (Å²) in [5, 5.41) is 13.2. The van der Waals surface area contributed by atoms with Crippen molar-refractivity contribution in [2.24, 2.45) is 0 Å². The molecule has 0 radical (unpaired) electrons. The van der Waals surface area contributed by atoms with Crippen LogP contribution in [0.1, 0.15) is 11.1 Å². The Labute approximate surface area is 152 Å². The number of nitro benzene ring substituents is 1. The molecule has 0 heterocycles. The fourth-order valence-electron chi connectivity index (χ4n) is 2.05. The van der Waals surface area contributed by atoms with E-state index in [4.69, 9.17) is 4.74 Å². The van der Waals surface area contributed by atoms with Crippen LogP contribution >= 0.6 is 15.9 Å². The number of aryl methyl sites for hydroxylation is 1. The Hall–Kier alpha value is -2.74. The molecular formula is C17H15BrN2O5. The van der Waals surface area contributed by atoms with Gasteiger partial charge in [-0.2, -0.15) is 0 Å². The number of nitrogens with zero attached hydrogens (tertiary/aromatic N) is 1. The molecule has 2 aromatic carbocycles. The van der Waals surface area contributed by atoms with Crippen LogP contribution in [-0.4, -0.2) is 23.4 Å². The number of carbonyl (C=O) groups is 2. The highest BCUT2D eigenvalue weighted by Crippen LogP contribution is 2.21. The van der Waals surface area contributed by atoms with E-state index < -0.39 is 23.4 Å². The van der Waals surface area contributed by atoms with Crippen LogP contribution in [0.5, 0.6) is 0 Å². The second-order valence-electron chi connectivity index (χ2n) is 5.27. The van der Waals surface area contributed by atoms with Gasteiger partial charge in [0.2, 0.25) is 0 Å². The van der Waals surface area contributed by atoms with E-state index in [2.05, 4.69) is 21.2 Å². The number of nitrogens with one attached hydrogen (secondary N) is 1. The third-order valence-electron chi connectivity index (χ3n) is 3.32. The minimum absolute atomic E-state index is 0.0589. The standard InChI is InChI=1S/C17H15BrN2O5/c1-11-8-14(20(23)24)6-7-15(11)19-16(21)10-25-17(22)9-12-2-4-13(18)5-3-12/h2-8H,9-10H2,1H3,(H,19,21). The first kappa shape index (κ1) is 18.6. The predicted octanol–water partition coefficient (Wildman–Crippen LogP) is 3.39. The van der Waals surface area contributed by atoms with Crippen LogP contribution in [0.25, 0.3) is 0 Å². The average molecular weight is 407 g/mol.